The maximum absolute atomic E-state index is 13.4. The van der Waals surface area contributed by atoms with E-state index in [9.17, 15) is 22.8 Å². The van der Waals surface area contributed by atoms with Crippen LogP contribution in [0, 0.1) is 0 Å². The minimum atomic E-state index is -4.55. The molecule has 2 aromatic heterocycles. The van der Waals surface area contributed by atoms with E-state index in [1.54, 1.807) is 18.2 Å². The van der Waals surface area contributed by atoms with Gasteiger partial charge in [-0.1, -0.05) is 18.2 Å². The number of hydrogen-bond donors (Lipinski definition) is 1. The van der Waals surface area contributed by atoms with Crippen molar-refractivity contribution < 1.29 is 37.1 Å². The van der Waals surface area contributed by atoms with Gasteiger partial charge in [0.2, 0.25) is 5.91 Å². The molecule has 2 amide bonds. The summed E-state index contributed by atoms with van der Waals surface area (Å²) in [5.41, 5.74) is 6.52. The van der Waals surface area contributed by atoms with Crippen LogP contribution in [0.4, 0.5) is 13.2 Å². The molecular formula is C28H27F3N4O5S. The molecule has 5 rings (SSSR count). The summed E-state index contributed by atoms with van der Waals surface area (Å²) in [6, 6.07) is 10.1. The Morgan fingerprint density at radius 2 is 1.98 bits per heavy atom. The Kier molecular flexibility index (Phi) is 8.06. The summed E-state index contributed by atoms with van der Waals surface area (Å²) in [6.07, 6.45) is -0.861. The number of hydrogen-bond acceptors (Lipinski definition) is 7. The Balaban J connectivity index is 1.36. The highest BCUT2D eigenvalue weighted by molar-refractivity contribution is 7.17. The first kappa shape index (κ1) is 28.3. The number of ether oxygens (including phenoxy) is 2. The fourth-order valence-corrected chi connectivity index (χ4v) is 5.68. The second kappa shape index (κ2) is 11.7. The third-order valence-corrected chi connectivity index (χ3v) is 7.87. The summed E-state index contributed by atoms with van der Waals surface area (Å²) in [5.74, 6) is -0.0736. The average molecular weight is 589 g/mol. The van der Waals surface area contributed by atoms with Crippen LogP contribution < -0.4 is 20.0 Å². The molecule has 1 fully saturated rings. The minimum Gasteiger partial charge on any atom is -0.496 e. The van der Waals surface area contributed by atoms with Crippen LogP contribution in [0.25, 0.3) is 21.5 Å². The van der Waals surface area contributed by atoms with Gasteiger partial charge in [0.1, 0.15) is 41.4 Å². The van der Waals surface area contributed by atoms with Gasteiger partial charge in [0, 0.05) is 48.0 Å². The summed E-state index contributed by atoms with van der Waals surface area (Å²) >= 11 is 1.04. The lowest BCUT2D eigenvalue weighted by Crippen LogP contribution is -2.27. The first-order chi connectivity index (χ1) is 19.7. The van der Waals surface area contributed by atoms with E-state index < -0.39 is 24.3 Å². The zero-order valence-electron chi connectivity index (χ0n) is 22.1. The van der Waals surface area contributed by atoms with E-state index in [0.29, 0.717) is 53.2 Å². The molecule has 0 atom stereocenters. The quantitative estimate of drug-likeness (QED) is 0.250. The normalized spacial score (nSPS) is 13.7. The van der Waals surface area contributed by atoms with Gasteiger partial charge in [-0.2, -0.15) is 17.9 Å². The van der Waals surface area contributed by atoms with Gasteiger partial charge >= 0.3 is 6.18 Å². The smallest absolute Gasteiger partial charge is 0.416 e. The maximum Gasteiger partial charge on any atom is 0.416 e. The highest BCUT2D eigenvalue weighted by Gasteiger charge is 2.33. The monoisotopic (exact) mass is 588 g/mol. The standard InChI is InChI=1S/C28H27F3N4O5S/c1-38-22-13-21-20(33-16-35(21)40-11-5-10-34-9-4-8-25(34)36)12-18(22)24-14-23(26(41-24)27(32)37)39-15-17-6-2-3-7-19(17)28(29,30)31/h2-3,6-7,12-14,16H,4-5,8-11,15H2,1H3,(H2,32,37). The van der Waals surface area contributed by atoms with Crippen molar-refractivity contribution in [3.8, 4) is 21.9 Å². The van der Waals surface area contributed by atoms with Gasteiger partial charge < -0.3 is 24.9 Å². The molecule has 2 aromatic carbocycles. The number of carbonyl (C=O) groups is 2. The largest absolute Gasteiger partial charge is 0.496 e. The number of rotatable bonds is 11. The Hall–Kier alpha value is -4.26. The van der Waals surface area contributed by atoms with Crippen molar-refractivity contribution in [2.75, 3.05) is 26.8 Å². The van der Waals surface area contributed by atoms with E-state index in [1.807, 2.05) is 4.90 Å². The van der Waals surface area contributed by atoms with Crippen LogP contribution in [0.3, 0.4) is 0 Å². The molecular weight excluding hydrogens is 561 g/mol. The van der Waals surface area contributed by atoms with Gasteiger partial charge in [-0.25, -0.2) is 4.98 Å². The molecule has 4 aromatic rings. The minimum absolute atomic E-state index is 0.0667. The highest BCUT2D eigenvalue weighted by atomic mass is 32.1. The fourth-order valence-electron chi connectivity index (χ4n) is 4.70. The number of nitrogens with two attached hydrogens (primary N) is 1. The number of thiophene rings is 1. The van der Waals surface area contributed by atoms with Crippen LogP contribution in [0.15, 0.2) is 48.8 Å². The van der Waals surface area contributed by atoms with Gasteiger partial charge in [0.25, 0.3) is 5.91 Å². The Labute approximate surface area is 237 Å². The van der Waals surface area contributed by atoms with Gasteiger partial charge in [0.05, 0.1) is 18.2 Å². The van der Waals surface area contributed by atoms with Crippen LogP contribution in [0.1, 0.15) is 40.1 Å². The number of imidazole rings is 1. The zero-order valence-corrected chi connectivity index (χ0v) is 22.9. The van der Waals surface area contributed by atoms with Crippen LogP contribution in [0.2, 0.25) is 0 Å². The molecule has 216 valence electrons. The second-order valence-electron chi connectivity index (χ2n) is 9.39. The average Bonchev–Trinajstić information content (AvgIpc) is 3.67. The predicted octanol–water partition coefficient (Wildman–Crippen LogP) is 4.91. The number of alkyl halides is 3. The lowest BCUT2D eigenvalue weighted by Gasteiger charge is -2.15. The van der Waals surface area contributed by atoms with Crippen LogP contribution in [0.5, 0.6) is 11.5 Å². The van der Waals surface area contributed by atoms with E-state index in [1.165, 1.54) is 36.4 Å². The predicted molar refractivity (Wildman–Crippen MR) is 146 cm³/mol. The lowest BCUT2D eigenvalue weighted by atomic mass is 10.1. The van der Waals surface area contributed by atoms with E-state index >= 15 is 0 Å². The van der Waals surface area contributed by atoms with Crippen molar-refractivity contribution in [3.05, 3.63) is 64.8 Å². The molecule has 1 saturated heterocycles. The van der Waals surface area contributed by atoms with Gasteiger partial charge in [-0.15, -0.1) is 11.3 Å². The number of benzene rings is 2. The molecule has 0 aliphatic carbocycles. The zero-order chi connectivity index (χ0) is 29.1. The summed E-state index contributed by atoms with van der Waals surface area (Å²) in [7, 11) is 1.49. The topological polar surface area (TPSA) is 109 Å². The van der Waals surface area contributed by atoms with Crippen molar-refractivity contribution in [2.45, 2.75) is 32.0 Å². The van der Waals surface area contributed by atoms with Crippen LogP contribution in [-0.2, 0) is 17.6 Å². The molecule has 41 heavy (non-hydrogen) atoms. The molecule has 0 unspecified atom stereocenters. The summed E-state index contributed by atoms with van der Waals surface area (Å²) in [5, 5.41) is 0. The lowest BCUT2D eigenvalue weighted by molar-refractivity contribution is -0.138. The van der Waals surface area contributed by atoms with Crippen molar-refractivity contribution in [3.63, 3.8) is 0 Å². The molecule has 0 bridgehead atoms. The molecule has 0 spiro atoms. The number of methoxy groups -OCH3 is 1. The molecule has 2 N–H and O–H groups in total. The summed E-state index contributed by atoms with van der Waals surface area (Å²) in [4.78, 5) is 36.7. The van der Waals surface area contributed by atoms with E-state index in [2.05, 4.69) is 4.98 Å². The molecule has 9 nitrogen and oxygen atoms in total. The number of halogens is 3. The number of carbonyl (C=O) groups excluding carboxylic acids is 2. The Bertz CT molecular complexity index is 1580. The van der Waals surface area contributed by atoms with Crippen LogP contribution >= 0.6 is 11.3 Å². The van der Waals surface area contributed by atoms with E-state index in [0.717, 1.165) is 30.4 Å². The fraction of sp³-hybridized carbons (Fsp3) is 0.321. The first-order valence-corrected chi connectivity index (χ1v) is 13.7. The SMILES string of the molecule is COc1cc2c(cc1-c1cc(OCc3ccccc3C(F)(F)F)c(C(N)=O)s1)ncn2OCCCN1CCCC1=O. The summed E-state index contributed by atoms with van der Waals surface area (Å²) in [6.45, 7) is 1.38. The molecule has 3 heterocycles. The Morgan fingerprint density at radius 3 is 2.68 bits per heavy atom. The van der Waals surface area contributed by atoms with Crippen molar-refractivity contribution in [2.24, 2.45) is 5.73 Å². The number of amides is 2. The number of likely N-dealkylation sites (tertiary alicyclic amines) is 1. The summed E-state index contributed by atoms with van der Waals surface area (Å²) < 4.78 is 53.1. The molecule has 13 heteroatoms. The van der Waals surface area contributed by atoms with Gasteiger partial charge in [-0.05, 0) is 24.6 Å². The molecule has 0 saturated carbocycles. The van der Waals surface area contributed by atoms with E-state index in [4.69, 9.17) is 20.0 Å². The van der Waals surface area contributed by atoms with Gasteiger partial charge in [0.15, 0.2) is 0 Å². The first-order valence-electron chi connectivity index (χ1n) is 12.8. The second-order valence-corrected chi connectivity index (χ2v) is 10.4. The van der Waals surface area contributed by atoms with Crippen molar-refractivity contribution in [1.82, 2.24) is 14.6 Å². The molecule has 0 radical (unpaired) electrons. The van der Waals surface area contributed by atoms with Crippen molar-refractivity contribution in [1.29, 1.82) is 0 Å². The maximum atomic E-state index is 13.4. The molecule has 1 aliphatic rings. The number of aromatic nitrogens is 2. The Morgan fingerprint density at radius 1 is 1.17 bits per heavy atom. The number of primary amides is 1. The highest BCUT2D eigenvalue weighted by Crippen LogP contribution is 2.42. The van der Waals surface area contributed by atoms with Crippen molar-refractivity contribution >= 4 is 34.2 Å². The van der Waals surface area contributed by atoms with Gasteiger partial charge in [-0.3, -0.25) is 9.59 Å². The number of fused-ring (bicyclic) bond motifs is 1. The third kappa shape index (κ3) is 6.09. The number of nitrogens with zero attached hydrogens (tertiary/aromatic N) is 3. The third-order valence-electron chi connectivity index (χ3n) is 6.70. The van der Waals surface area contributed by atoms with Crippen LogP contribution in [-0.4, -0.2) is 53.2 Å². The molecule has 1 aliphatic heterocycles. The van der Waals surface area contributed by atoms with E-state index in [-0.39, 0.29) is 22.1 Å².